The average molecular weight is 533 g/mol. The van der Waals surface area contributed by atoms with Crippen LogP contribution in [0.2, 0.25) is 0 Å². The molecule has 39 heavy (non-hydrogen) atoms. The maximum Gasteiger partial charge on any atom is -0.0250 e. The van der Waals surface area contributed by atoms with Crippen LogP contribution in [0.1, 0.15) is 134 Å². The van der Waals surface area contributed by atoms with Crippen molar-refractivity contribution in [3.05, 3.63) is 68.8 Å². The Kier molecular flexibility index (Phi) is 13.8. The molecule has 0 radical (unpaired) electrons. The Labute approximate surface area is 244 Å². The van der Waals surface area contributed by atoms with E-state index in [0.717, 1.165) is 0 Å². The molecule has 2 aromatic rings. The first-order valence-electron chi connectivity index (χ1n) is 16.5. The predicted molar refractivity (Wildman–Crippen MR) is 176 cm³/mol. The molecule has 0 fully saturated rings. The molecule has 0 aliphatic carbocycles. The van der Waals surface area contributed by atoms with E-state index in [9.17, 15) is 0 Å². The molecule has 2 aromatic carbocycles. The summed E-state index contributed by atoms with van der Waals surface area (Å²) in [6.45, 7) is 28.5. The van der Waals surface area contributed by atoms with Crippen LogP contribution in [0.4, 0.5) is 0 Å². The van der Waals surface area contributed by atoms with Crippen molar-refractivity contribution in [2.75, 3.05) is 0 Å². The van der Waals surface area contributed by atoms with Crippen LogP contribution in [0.15, 0.2) is 24.3 Å². The molecule has 0 bridgehead atoms. The lowest BCUT2D eigenvalue weighted by Gasteiger charge is -2.22. The van der Waals surface area contributed by atoms with E-state index in [4.69, 9.17) is 0 Å². The highest BCUT2D eigenvalue weighted by molar-refractivity contribution is 5.42. The van der Waals surface area contributed by atoms with Gasteiger partial charge in [0.2, 0.25) is 0 Å². The molecule has 0 saturated heterocycles. The summed E-state index contributed by atoms with van der Waals surface area (Å²) in [7, 11) is 0. The van der Waals surface area contributed by atoms with Gasteiger partial charge in [0.15, 0.2) is 0 Å². The zero-order valence-corrected chi connectivity index (χ0v) is 28.1. The third-order valence-electron chi connectivity index (χ3n) is 7.65. The molecule has 2 rings (SSSR count). The second-order valence-corrected chi connectivity index (χ2v) is 15.2. The summed E-state index contributed by atoms with van der Waals surface area (Å²) in [5, 5.41) is 0. The van der Waals surface area contributed by atoms with E-state index >= 15 is 0 Å². The summed E-state index contributed by atoms with van der Waals surface area (Å²) in [5.41, 5.74) is 13.0. The molecule has 0 nitrogen and oxygen atoms in total. The van der Waals surface area contributed by atoms with Crippen molar-refractivity contribution in [1.29, 1.82) is 0 Å². The zero-order valence-electron chi connectivity index (χ0n) is 28.1. The van der Waals surface area contributed by atoms with Gasteiger partial charge in [0.05, 0.1) is 0 Å². The van der Waals surface area contributed by atoms with Gasteiger partial charge in [-0.15, -0.1) is 0 Å². The van der Waals surface area contributed by atoms with E-state index in [2.05, 4.69) is 107 Å². The highest BCUT2D eigenvalue weighted by Gasteiger charge is 2.17. The average Bonchev–Trinajstić information content (AvgIpc) is 2.76. The minimum atomic E-state index is 0.689. The quantitative estimate of drug-likeness (QED) is 0.202. The summed E-state index contributed by atoms with van der Waals surface area (Å²) in [6.07, 6.45) is 10.9. The smallest absolute Gasteiger partial charge is 0.0250 e. The first kappa shape index (κ1) is 33.6. The molecule has 0 aromatic heterocycles. The second-order valence-electron chi connectivity index (χ2n) is 15.2. The van der Waals surface area contributed by atoms with Crippen molar-refractivity contribution >= 4 is 0 Å². The van der Waals surface area contributed by atoms with Crippen LogP contribution < -0.4 is 0 Å². The van der Waals surface area contributed by atoms with Crippen molar-refractivity contribution in [2.45, 2.75) is 141 Å². The Morgan fingerprint density at radius 2 is 0.641 bits per heavy atom. The van der Waals surface area contributed by atoms with E-state index in [0.29, 0.717) is 35.5 Å². The molecule has 0 amide bonds. The van der Waals surface area contributed by atoms with Crippen LogP contribution in [0, 0.1) is 35.5 Å². The normalized spacial score (nSPS) is 12.4. The molecule has 0 spiro atoms. The standard InChI is InChI=1S/C39H64/c1-26(2)16-32-22-34(38(20-30(9)10)36(24-32)18-28(5)6)14-13-15-35-23-33(17-27(3)4)25-37(19-29(7)8)39(35)21-31(11)12/h22-31H,13-21H2,1-12H3. The topological polar surface area (TPSA) is 0 Å². The molecule has 0 unspecified atom stereocenters. The number of rotatable bonds is 16. The fraction of sp³-hybridized carbons (Fsp3) is 0.692. The van der Waals surface area contributed by atoms with Crippen LogP contribution in [-0.2, 0) is 51.4 Å². The summed E-state index contributed by atoms with van der Waals surface area (Å²) in [5.74, 6) is 4.16. The molecular weight excluding hydrogens is 468 g/mol. The molecule has 0 N–H and O–H groups in total. The van der Waals surface area contributed by atoms with Crippen molar-refractivity contribution in [3.8, 4) is 0 Å². The Morgan fingerprint density at radius 1 is 0.359 bits per heavy atom. The predicted octanol–water partition coefficient (Wildman–Crippen LogP) is 11.1. The van der Waals surface area contributed by atoms with Gasteiger partial charge in [-0.25, -0.2) is 0 Å². The molecular formula is C39H64. The molecule has 0 heteroatoms. The summed E-state index contributed by atoms with van der Waals surface area (Å²) < 4.78 is 0. The van der Waals surface area contributed by atoms with E-state index in [-0.39, 0.29) is 0 Å². The first-order valence-corrected chi connectivity index (χ1v) is 16.5. The van der Waals surface area contributed by atoms with E-state index in [1.165, 1.54) is 57.8 Å². The largest absolute Gasteiger partial charge is 0.0625 e. The summed E-state index contributed by atoms with van der Waals surface area (Å²) in [6, 6.07) is 10.3. The van der Waals surface area contributed by atoms with Gasteiger partial charge in [0.1, 0.15) is 0 Å². The summed E-state index contributed by atoms with van der Waals surface area (Å²) in [4.78, 5) is 0. The molecule has 220 valence electrons. The monoisotopic (exact) mass is 533 g/mol. The van der Waals surface area contributed by atoms with Gasteiger partial charge in [-0.05, 0) is 138 Å². The van der Waals surface area contributed by atoms with Crippen LogP contribution >= 0.6 is 0 Å². The van der Waals surface area contributed by atoms with Gasteiger partial charge in [-0.3, -0.25) is 0 Å². The lowest BCUT2D eigenvalue weighted by atomic mass is 9.83. The minimum absolute atomic E-state index is 0.689. The van der Waals surface area contributed by atoms with Gasteiger partial charge < -0.3 is 0 Å². The number of aryl methyl sites for hydroxylation is 2. The third kappa shape index (κ3) is 11.8. The maximum absolute atomic E-state index is 2.59. The van der Waals surface area contributed by atoms with E-state index in [1.54, 1.807) is 44.5 Å². The van der Waals surface area contributed by atoms with Crippen LogP contribution in [0.25, 0.3) is 0 Å². The third-order valence-corrected chi connectivity index (χ3v) is 7.65. The fourth-order valence-corrected chi connectivity index (χ4v) is 6.42. The number of hydrogen-bond acceptors (Lipinski definition) is 0. The molecule has 0 atom stereocenters. The number of hydrogen-bond donors (Lipinski definition) is 0. The van der Waals surface area contributed by atoms with Crippen molar-refractivity contribution in [2.24, 2.45) is 35.5 Å². The Bertz CT molecular complexity index is 918. The molecule has 0 aliphatic rings. The van der Waals surface area contributed by atoms with E-state index < -0.39 is 0 Å². The van der Waals surface area contributed by atoms with Gasteiger partial charge in [-0.2, -0.15) is 0 Å². The highest BCUT2D eigenvalue weighted by Crippen LogP contribution is 2.29. The molecule has 0 aliphatic heterocycles. The molecule has 0 saturated carbocycles. The fourth-order valence-electron chi connectivity index (χ4n) is 6.42. The Hall–Kier alpha value is -1.56. The Morgan fingerprint density at radius 3 is 0.923 bits per heavy atom. The van der Waals surface area contributed by atoms with Gasteiger partial charge in [0.25, 0.3) is 0 Å². The Balaban J connectivity index is 2.47. The second kappa shape index (κ2) is 16.0. The maximum atomic E-state index is 2.59. The zero-order chi connectivity index (χ0) is 29.3. The minimum Gasteiger partial charge on any atom is -0.0625 e. The van der Waals surface area contributed by atoms with Gasteiger partial charge >= 0.3 is 0 Å². The SMILES string of the molecule is CC(C)Cc1cc(CCCc2cc(CC(C)C)cc(CC(C)C)c2CC(C)C)c(CC(C)C)c(CC(C)C)c1. The lowest BCUT2D eigenvalue weighted by Crippen LogP contribution is -2.11. The van der Waals surface area contributed by atoms with Gasteiger partial charge in [0, 0.05) is 0 Å². The highest BCUT2D eigenvalue weighted by atomic mass is 14.2. The molecule has 0 heterocycles. The number of benzene rings is 2. The van der Waals surface area contributed by atoms with Crippen molar-refractivity contribution < 1.29 is 0 Å². The van der Waals surface area contributed by atoms with Gasteiger partial charge in [-0.1, -0.05) is 107 Å². The first-order chi connectivity index (χ1) is 18.2. The van der Waals surface area contributed by atoms with Crippen LogP contribution in [0.3, 0.4) is 0 Å². The summed E-state index contributed by atoms with van der Waals surface area (Å²) >= 11 is 0. The van der Waals surface area contributed by atoms with Crippen molar-refractivity contribution in [3.63, 3.8) is 0 Å². The van der Waals surface area contributed by atoms with Crippen LogP contribution in [0.5, 0.6) is 0 Å². The van der Waals surface area contributed by atoms with Crippen LogP contribution in [-0.4, -0.2) is 0 Å². The van der Waals surface area contributed by atoms with Crippen molar-refractivity contribution in [1.82, 2.24) is 0 Å². The van der Waals surface area contributed by atoms with E-state index in [1.807, 2.05) is 0 Å². The lowest BCUT2D eigenvalue weighted by molar-refractivity contribution is 0.601.